The predicted molar refractivity (Wildman–Crippen MR) is 95.3 cm³/mol. The van der Waals surface area contributed by atoms with Crippen molar-refractivity contribution in [2.24, 2.45) is 0 Å². The van der Waals surface area contributed by atoms with Crippen LogP contribution in [0.4, 0.5) is 10.3 Å². The van der Waals surface area contributed by atoms with Crippen LogP contribution in [0.3, 0.4) is 0 Å². The zero-order chi connectivity index (χ0) is 18.8. The number of carbonyl (C=O) groups excluding carboxylic acids is 1. The molecule has 4 rings (SSSR count). The maximum atomic E-state index is 14.5. The van der Waals surface area contributed by atoms with Crippen molar-refractivity contribution in [3.63, 3.8) is 0 Å². The molecule has 0 atom stereocenters. The van der Waals surface area contributed by atoms with Crippen LogP contribution in [0.15, 0.2) is 36.5 Å². The lowest BCUT2D eigenvalue weighted by Gasteiger charge is -2.28. The van der Waals surface area contributed by atoms with Crippen LogP contribution in [0.1, 0.15) is 16.1 Å². The number of pyridine rings is 1. The number of nitrogens with one attached hydrogen (secondary N) is 1. The zero-order valence-electron chi connectivity index (χ0n) is 14.4. The standard InChI is InChI=1S/C18H18FN5O3/c19-13-9-12(17(25)22-26)10-20-15(13)11-24-16-4-2-1-3-14(16)21-18(24)23-5-7-27-8-6-23/h1-4,9-10,26H,5-8,11H2,(H,22,25). The molecule has 1 aliphatic rings. The van der Waals surface area contributed by atoms with Gasteiger partial charge < -0.3 is 14.2 Å². The summed E-state index contributed by atoms with van der Waals surface area (Å²) in [4.78, 5) is 22.3. The van der Waals surface area contributed by atoms with E-state index < -0.39 is 11.7 Å². The summed E-state index contributed by atoms with van der Waals surface area (Å²) in [6.45, 7) is 2.80. The molecule has 1 aliphatic heterocycles. The number of halogens is 1. The zero-order valence-corrected chi connectivity index (χ0v) is 14.4. The lowest BCUT2D eigenvalue weighted by atomic mass is 10.2. The topological polar surface area (TPSA) is 92.5 Å². The van der Waals surface area contributed by atoms with Crippen molar-refractivity contribution in [3.8, 4) is 0 Å². The summed E-state index contributed by atoms with van der Waals surface area (Å²) >= 11 is 0. The number of fused-ring (bicyclic) bond motifs is 1. The van der Waals surface area contributed by atoms with Gasteiger partial charge in [0.1, 0.15) is 5.82 Å². The van der Waals surface area contributed by atoms with Gasteiger partial charge in [-0.25, -0.2) is 14.9 Å². The van der Waals surface area contributed by atoms with Crippen LogP contribution in [-0.2, 0) is 11.3 Å². The Balaban J connectivity index is 1.73. The average molecular weight is 371 g/mol. The molecule has 0 unspecified atom stereocenters. The molecule has 0 bridgehead atoms. The highest BCUT2D eigenvalue weighted by Gasteiger charge is 2.21. The molecular formula is C18H18FN5O3. The molecule has 1 amide bonds. The van der Waals surface area contributed by atoms with Gasteiger partial charge in [0, 0.05) is 19.3 Å². The summed E-state index contributed by atoms with van der Waals surface area (Å²) in [6, 6.07) is 8.71. The Morgan fingerprint density at radius 2 is 2.07 bits per heavy atom. The minimum atomic E-state index is -0.810. The van der Waals surface area contributed by atoms with Crippen molar-refractivity contribution in [2.75, 3.05) is 31.2 Å². The number of anilines is 1. The molecule has 0 saturated carbocycles. The third-order valence-corrected chi connectivity index (χ3v) is 4.52. The van der Waals surface area contributed by atoms with Crippen LogP contribution in [0.5, 0.6) is 0 Å². The van der Waals surface area contributed by atoms with Crippen LogP contribution in [0, 0.1) is 5.82 Å². The fourth-order valence-corrected chi connectivity index (χ4v) is 3.14. The van der Waals surface area contributed by atoms with Crippen LogP contribution in [0.25, 0.3) is 11.0 Å². The first-order chi connectivity index (χ1) is 13.2. The first kappa shape index (κ1) is 17.4. The SMILES string of the molecule is O=C(NO)c1cnc(Cn2c(N3CCOCC3)nc3ccccc32)c(F)c1. The first-order valence-corrected chi connectivity index (χ1v) is 8.54. The summed E-state index contributed by atoms with van der Waals surface area (Å²) in [5.74, 6) is -0.699. The van der Waals surface area contributed by atoms with Crippen molar-refractivity contribution in [2.45, 2.75) is 6.54 Å². The molecule has 1 fully saturated rings. The largest absolute Gasteiger partial charge is 0.378 e. The minimum absolute atomic E-state index is 0.0531. The van der Waals surface area contributed by atoms with Gasteiger partial charge in [0.05, 0.1) is 42.0 Å². The number of morpholine rings is 1. The number of imidazole rings is 1. The van der Waals surface area contributed by atoms with Gasteiger partial charge in [0.25, 0.3) is 5.91 Å². The normalized spacial score (nSPS) is 14.5. The van der Waals surface area contributed by atoms with E-state index in [2.05, 4.69) is 9.88 Å². The van der Waals surface area contributed by atoms with Crippen LogP contribution >= 0.6 is 0 Å². The van der Waals surface area contributed by atoms with Gasteiger partial charge in [-0.2, -0.15) is 0 Å². The van der Waals surface area contributed by atoms with E-state index in [0.29, 0.717) is 26.3 Å². The predicted octanol–water partition coefficient (Wildman–Crippen LogP) is 1.57. The minimum Gasteiger partial charge on any atom is -0.378 e. The summed E-state index contributed by atoms with van der Waals surface area (Å²) in [5.41, 5.74) is 3.29. The Morgan fingerprint density at radius 1 is 1.30 bits per heavy atom. The molecule has 0 aliphatic carbocycles. The Bertz CT molecular complexity index is 984. The second-order valence-electron chi connectivity index (χ2n) is 6.18. The van der Waals surface area contributed by atoms with Crippen LogP contribution < -0.4 is 10.4 Å². The number of aromatic nitrogens is 3. The number of hydrogen-bond donors (Lipinski definition) is 2. The van der Waals surface area contributed by atoms with E-state index in [4.69, 9.17) is 14.9 Å². The maximum absolute atomic E-state index is 14.5. The van der Waals surface area contributed by atoms with Gasteiger partial charge in [-0.05, 0) is 18.2 Å². The number of para-hydroxylation sites is 2. The second kappa shape index (κ2) is 7.29. The summed E-state index contributed by atoms with van der Waals surface area (Å²) in [7, 11) is 0. The molecule has 0 spiro atoms. The lowest BCUT2D eigenvalue weighted by Crippen LogP contribution is -2.38. The highest BCUT2D eigenvalue weighted by atomic mass is 19.1. The highest BCUT2D eigenvalue weighted by molar-refractivity contribution is 5.93. The summed E-state index contributed by atoms with van der Waals surface area (Å²) < 4.78 is 21.8. The summed E-state index contributed by atoms with van der Waals surface area (Å²) in [6.07, 6.45) is 1.23. The first-order valence-electron chi connectivity index (χ1n) is 8.54. The molecule has 2 N–H and O–H groups in total. The van der Waals surface area contributed by atoms with Crippen LogP contribution in [0.2, 0.25) is 0 Å². The number of carbonyl (C=O) groups is 1. The van der Waals surface area contributed by atoms with E-state index in [0.717, 1.165) is 23.0 Å². The van der Waals surface area contributed by atoms with Crippen molar-refractivity contribution in [1.82, 2.24) is 20.0 Å². The lowest BCUT2D eigenvalue weighted by molar-refractivity contribution is 0.0705. The molecule has 140 valence electrons. The number of ether oxygens (including phenoxy) is 1. The van der Waals surface area contributed by atoms with Crippen molar-refractivity contribution < 1.29 is 19.1 Å². The van der Waals surface area contributed by atoms with Gasteiger partial charge in [-0.1, -0.05) is 12.1 Å². The molecule has 2 aromatic heterocycles. The molecule has 9 heteroatoms. The van der Waals surface area contributed by atoms with E-state index in [1.165, 1.54) is 11.7 Å². The number of hydrogen-bond acceptors (Lipinski definition) is 6. The number of hydroxylamine groups is 1. The van der Waals surface area contributed by atoms with Gasteiger partial charge >= 0.3 is 0 Å². The molecule has 3 heterocycles. The van der Waals surface area contributed by atoms with E-state index in [9.17, 15) is 9.18 Å². The second-order valence-corrected chi connectivity index (χ2v) is 6.18. The molecule has 8 nitrogen and oxygen atoms in total. The van der Waals surface area contributed by atoms with Gasteiger partial charge in [-0.3, -0.25) is 15.0 Å². The quantitative estimate of drug-likeness (QED) is 0.534. The highest BCUT2D eigenvalue weighted by Crippen LogP contribution is 2.25. The third-order valence-electron chi connectivity index (χ3n) is 4.52. The Labute approximate surface area is 154 Å². The van der Waals surface area contributed by atoms with E-state index in [1.807, 2.05) is 28.8 Å². The number of amides is 1. The maximum Gasteiger partial charge on any atom is 0.276 e. The molecule has 1 saturated heterocycles. The Morgan fingerprint density at radius 3 is 2.81 bits per heavy atom. The molecule has 1 aromatic carbocycles. The fourth-order valence-electron chi connectivity index (χ4n) is 3.14. The van der Waals surface area contributed by atoms with E-state index >= 15 is 0 Å². The molecule has 3 aromatic rings. The smallest absolute Gasteiger partial charge is 0.276 e. The Hall–Kier alpha value is -3.04. The van der Waals surface area contributed by atoms with Crippen molar-refractivity contribution in [1.29, 1.82) is 0 Å². The number of benzene rings is 1. The molecule has 27 heavy (non-hydrogen) atoms. The van der Waals surface area contributed by atoms with Crippen molar-refractivity contribution in [3.05, 3.63) is 53.6 Å². The Kier molecular flexibility index (Phi) is 4.69. The van der Waals surface area contributed by atoms with E-state index in [-0.39, 0.29) is 17.8 Å². The average Bonchev–Trinajstić information content (AvgIpc) is 3.08. The number of rotatable bonds is 4. The molecular weight excluding hydrogens is 353 g/mol. The fraction of sp³-hybridized carbons (Fsp3) is 0.278. The van der Waals surface area contributed by atoms with Gasteiger partial charge in [0.15, 0.2) is 0 Å². The third kappa shape index (κ3) is 3.34. The number of nitrogens with zero attached hydrogens (tertiary/aromatic N) is 4. The van der Waals surface area contributed by atoms with Crippen LogP contribution in [-0.4, -0.2) is 52.0 Å². The molecule has 0 radical (unpaired) electrons. The van der Waals surface area contributed by atoms with E-state index in [1.54, 1.807) is 0 Å². The van der Waals surface area contributed by atoms with Gasteiger partial charge in [0.2, 0.25) is 5.95 Å². The monoisotopic (exact) mass is 371 g/mol. The van der Waals surface area contributed by atoms with Gasteiger partial charge in [-0.15, -0.1) is 0 Å². The van der Waals surface area contributed by atoms with Crippen molar-refractivity contribution >= 4 is 22.9 Å². The summed E-state index contributed by atoms with van der Waals surface area (Å²) in [5, 5.41) is 8.68.